The second-order valence-corrected chi connectivity index (χ2v) is 6.93. The van der Waals surface area contributed by atoms with Crippen molar-refractivity contribution in [3.63, 3.8) is 0 Å². The highest BCUT2D eigenvalue weighted by atomic mass is 32.1. The second-order valence-electron chi connectivity index (χ2n) is 5.87. The summed E-state index contributed by atoms with van der Waals surface area (Å²) < 4.78 is 5.37. The molecule has 0 radical (unpaired) electrons. The normalized spacial score (nSPS) is 17.9. The van der Waals surface area contributed by atoms with E-state index in [1.807, 2.05) is 12.3 Å². The first-order chi connectivity index (χ1) is 10.0. The number of ether oxygens (including phenoxy) is 1. The predicted molar refractivity (Wildman–Crippen MR) is 84.6 cm³/mol. The quantitative estimate of drug-likeness (QED) is 0.864. The Morgan fingerprint density at radius 2 is 2.19 bits per heavy atom. The minimum Gasteiger partial charge on any atom is -0.379 e. The average molecular weight is 311 g/mol. The zero-order valence-electron chi connectivity index (χ0n) is 13.1. The third kappa shape index (κ3) is 5.37. The number of carbonyl (C=O) groups is 1. The topological polar surface area (TPSA) is 54.5 Å². The van der Waals surface area contributed by atoms with Gasteiger partial charge in [0.05, 0.1) is 30.3 Å². The molecule has 0 spiro atoms. The van der Waals surface area contributed by atoms with Crippen molar-refractivity contribution >= 4 is 17.2 Å². The summed E-state index contributed by atoms with van der Waals surface area (Å²) >= 11 is 1.59. The highest BCUT2D eigenvalue weighted by Gasteiger charge is 2.21. The van der Waals surface area contributed by atoms with Crippen molar-refractivity contribution < 1.29 is 9.53 Å². The number of nitrogens with one attached hydrogen (secondary N) is 1. The molecule has 0 bridgehead atoms. The average Bonchev–Trinajstić information content (AvgIpc) is 2.84. The van der Waals surface area contributed by atoms with Gasteiger partial charge in [-0.2, -0.15) is 0 Å². The lowest BCUT2D eigenvalue weighted by Gasteiger charge is -2.32. The summed E-state index contributed by atoms with van der Waals surface area (Å²) in [6.45, 7) is 10.6. The second kappa shape index (κ2) is 7.87. The van der Waals surface area contributed by atoms with Crippen LogP contribution >= 0.6 is 11.3 Å². The standard InChI is InChI=1S/C15H25N3O2S/c1-11(2)14(9-18-4-6-20-7-5-18)17-15(19)8-13-10-21-12(3)16-13/h10-11,14H,4-9H2,1-3H3,(H,17,19). The van der Waals surface area contributed by atoms with E-state index in [4.69, 9.17) is 4.74 Å². The van der Waals surface area contributed by atoms with Crippen LogP contribution in [0.15, 0.2) is 5.38 Å². The summed E-state index contributed by atoms with van der Waals surface area (Å²) in [6.07, 6.45) is 0.372. The molecular formula is C15H25N3O2S. The summed E-state index contributed by atoms with van der Waals surface area (Å²) in [5.41, 5.74) is 0.865. The van der Waals surface area contributed by atoms with Crippen molar-refractivity contribution in [2.75, 3.05) is 32.8 Å². The Bertz CT molecular complexity index is 456. The molecule has 5 nitrogen and oxygen atoms in total. The fraction of sp³-hybridized carbons (Fsp3) is 0.733. The van der Waals surface area contributed by atoms with E-state index in [9.17, 15) is 4.79 Å². The van der Waals surface area contributed by atoms with Gasteiger partial charge in [-0.05, 0) is 12.8 Å². The number of hydrogen-bond acceptors (Lipinski definition) is 5. The van der Waals surface area contributed by atoms with Gasteiger partial charge in [0, 0.05) is 31.1 Å². The van der Waals surface area contributed by atoms with Crippen LogP contribution in [0.2, 0.25) is 0 Å². The van der Waals surface area contributed by atoms with Crippen LogP contribution in [0.3, 0.4) is 0 Å². The molecule has 0 aliphatic carbocycles. The van der Waals surface area contributed by atoms with Crippen molar-refractivity contribution in [1.29, 1.82) is 0 Å². The van der Waals surface area contributed by atoms with Gasteiger partial charge in [0.15, 0.2) is 0 Å². The molecule has 1 saturated heterocycles. The van der Waals surface area contributed by atoms with Gasteiger partial charge >= 0.3 is 0 Å². The molecule has 6 heteroatoms. The zero-order chi connectivity index (χ0) is 15.2. The van der Waals surface area contributed by atoms with E-state index < -0.39 is 0 Å². The molecule has 21 heavy (non-hydrogen) atoms. The van der Waals surface area contributed by atoms with Crippen LogP contribution in [0, 0.1) is 12.8 Å². The zero-order valence-corrected chi connectivity index (χ0v) is 13.9. The molecule has 2 rings (SSSR count). The monoisotopic (exact) mass is 311 g/mol. The fourth-order valence-electron chi connectivity index (χ4n) is 2.40. The summed E-state index contributed by atoms with van der Waals surface area (Å²) in [7, 11) is 0. The van der Waals surface area contributed by atoms with E-state index in [0.29, 0.717) is 12.3 Å². The Hall–Kier alpha value is -0.980. The maximum absolute atomic E-state index is 12.2. The molecule has 0 saturated carbocycles. The van der Waals surface area contributed by atoms with Gasteiger partial charge in [-0.3, -0.25) is 9.69 Å². The minimum atomic E-state index is 0.0623. The first-order valence-electron chi connectivity index (χ1n) is 7.55. The van der Waals surface area contributed by atoms with E-state index in [2.05, 4.69) is 29.0 Å². The Kier molecular flexibility index (Phi) is 6.14. The number of carbonyl (C=O) groups excluding carboxylic acids is 1. The van der Waals surface area contributed by atoms with E-state index in [-0.39, 0.29) is 11.9 Å². The number of thiazole rings is 1. The van der Waals surface area contributed by atoms with E-state index in [1.165, 1.54) is 0 Å². The summed E-state index contributed by atoms with van der Waals surface area (Å²) in [5.74, 6) is 0.473. The molecule has 1 atom stereocenters. The molecule has 1 aliphatic heterocycles. The summed E-state index contributed by atoms with van der Waals surface area (Å²) in [4.78, 5) is 18.9. The van der Waals surface area contributed by atoms with Gasteiger partial charge in [-0.25, -0.2) is 4.98 Å². The molecule has 118 valence electrons. The Labute approximate surface area is 130 Å². The SMILES string of the molecule is Cc1nc(CC(=O)NC(CN2CCOCC2)C(C)C)cs1. The summed E-state index contributed by atoms with van der Waals surface area (Å²) in [5, 5.41) is 6.13. The van der Waals surface area contributed by atoms with Crippen LogP contribution in [-0.2, 0) is 16.0 Å². The predicted octanol–water partition coefficient (Wildman–Crippen LogP) is 1.47. The Morgan fingerprint density at radius 1 is 1.48 bits per heavy atom. The Morgan fingerprint density at radius 3 is 2.76 bits per heavy atom. The van der Waals surface area contributed by atoms with Crippen molar-refractivity contribution in [3.05, 3.63) is 16.1 Å². The van der Waals surface area contributed by atoms with Gasteiger partial charge < -0.3 is 10.1 Å². The maximum Gasteiger partial charge on any atom is 0.226 e. The third-order valence-electron chi connectivity index (χ3n) is 3.72. The van der Waals surface area contributed by atoms with E-state index >= 15 is 0 Å². The highest BCUT2D eigenvalue weighted by Crippen LogP contribution is 2.10. The molecule has 1 fully saturated rings. The van der Waals surface area contributed by atoms with Gasteiger partial charge in [-0.15, -0.1) is 11.3 Å². The number of morpholine rings is 1. The number of amides is 1. The first-order valence-corrected chi connectivity index (χ1v) is 8.43. The van der Waals surface area contributed by atoms with Crippen molar-refractivity contribution in [2.45, 2.75) is 33.2 Å². The lowest BCUT2D eigenvalue weighted by atomic mass is 10.0. The van der Waals surface area contributed by atoms with Crippen LogP contribution in [-0.4, -0.2) is 54.7 Å². The van der Waals surface area contributed by atoms with E-state index in [0.717, 1.165) is 43.5 Å². The van der Waals surface area contributed by atoms with Gasteiger partial charge in [0.1, 0.15) is 0 Å². The molecule has 1 unspecified atom stereocenters. The molecular weight excluding hydrogens is 286 g/mol. The number of aryl methyl sites for hydroxylation is 1. The number of hydrogen-bond donors (Lipinski definition) is 1. The number of nitrogens with zero attached hydrogens (tertiary/aromatic N) is 2. The van der Waals surface area contributed by atoms with E-state index in [1.54, 1.807) is 11.3 Å². The largest absolute Gasteiger partial charge is 0.379 e. The van der Waals surface area contributed by atoms with Crippen molar-refractivity contribution in [3.8, 4) is 0 Å². The molecule has 1 aromatic heterocycles. The lowest BCUT2D eigenvalue weighted by molar-refractivity contribution is -0.121. The molecule has 0 aromatic carbocycles. The van der Waals surface area contributed by atoms with Crippen molar-refractivity contribution in [2.24, 2.45) is 5.92 Å². The highest BCUT2D eigenvalue weighted by molar-refractivity contribution is 7.09. The lowest BCUT2D eigenvalue weighted by Crippen LogP contribution is -2.49. The molecule has 1 aromatic rings. The van der Waals surface area contributed by atoms with Gasteiger partial charge in [0.25, 0.3) is 0 Å². The number of rotatable bonds is 6. The maximum atomic E-state index is 12.2. The molecule has 2 heterocycles. The smallest absolute Gasteiger partial charge is 0.226 e. The first kappa shape index (κ1) is 16.4. The summed E-state index contributed by atoms with van der Waals surface area (Å²) in [6, 6.07) is 0.176. The molecule has 1 N–H and O–H groups in total. The van der Waals surface area contributed by atoms with Gasteiger partial charge in [0.2, 0.25) is 5.91 Å². The minimum absolute atomic E-state index is 0.0623. The Balaban J connectivity index is 1.84. The van der Waals surface area contributed by atoms with Crippen LogP contribution in [0.5, 0.6) is 0 Å². The van der Waals surface area contributed by atoms with Crippen LogP contribution in [0.4, 0.5) is 0 Å². The molecule has 1 amide bonds. The third-order valence-corrected chi connectivity index (χ3v) is 4.54. The van der Waals surface area contributed by atoms with Gasteiger partial charge in [-0.1, -0.05) is 13.8 Å². The van der Waals surface area contributed by atoms with Crippen LogP contribution in [0.1, 0.15) is 24.5 Å². The molecule has 1 aliphatic rings. The van der Waals surface area contributed by atoms with Crippen LogP contribution in [0.25, 0.3) is 0 Å². The van der Waals surface area contributed by atoms with Crippen molar-refractivity contribution in [1.82, 2.24) is 15.2 Å². The van der Waals surface area contributed by atoms with Crippen LogP contribution < -0.4 is 5.32 Å². The fourth-order valence-corrected chi connectivity index (χ4v) is 3.01. The number of aromatic nitrogens is 1.